The molecule has 3 rings (SSSR count). The number of benzene rings is 1. The van der Waals surface area contributed by atoms with Gasteiger partial charge in [-0.3, -0.25) is 10.4 Å². The van der Waals surface area contributed by atoms with E-state index in [0.29, 0.717) is 17.9 Å². The van der Waals surface area contributed by atoms with Gasteiger partial charge in [-0.2, -0.15) is 18.3 Å². The standard InChI is InChI=1S/C15H14F3N5/c16-15(17,18)12-3-1-2-11(6-12)13(14-21-9-22-23-14)20-8-10-4-5-19-7-10/h1-7,9,13,19-20H,8H2,(H,21,22,23)/t13-/m1/s1. The van der Waals surface area contributed by atoms with Crippen molar-refractivity contribution in [2.75, 3.05) is 0 Å². The van der Waals surface area contributed by atoms with E-state index in [1.165, 1.54) is 12.4 Å². The number of hydrogen-bond donors (Lipinski definition) is 3. The second-order valence-electron chi connectivity index (χ2n) is 5.03. The lowest BCUT2D eigenvalue weighted by Gasteiger charge is -2.18. The van der Waals surface area contributed by atoms with E-state index in [9.17, 15) is 13.2 Å². The Morgan fingerprint density at radius 3 is 2.74 bits per heavy atom. The molecule has 120 valence electrons. The van der Waals surface area contributed by atoms with Crippen LogP contribution in [-0.2, 0) is 12.7 Å². The van der Waals surface area contributed by atoms with E-state index in [1.54, 1.807) is 12.3 Å². The molecule has 3 aromatic rings. The maximum absolute atomic E-state index is 12.9. The van der Waals surface area contributed by atoms with Gasteiger partial charge in [0.1, 0.15) is 12.2 Å². The van der Waals surface area contributed by atoms with Crippen molar-refractivity contribution in [1.82, 2.24) is 25.5 Å². The van der Waals surface area contributed by atoms with Crippen LogP contribution in [0.2, 0.25) is 0 Å². The highest BCUT2D eigenvalue weighted by Gasteiger charge is 2.31. The van der Waals surface area contributed by atoms with E-state index >= 15 is 0 Å². The molecule has 1 atom stereocenters. The van der Waals surface area contributed by atoms with Gasteiger partial charge in [-0.25, -0.2) is 4.98 Å². The molecule has 1 aromatic carbocycles. The molecule has 0 aliphatic rings. The summed E-state index contributed by atoms with van der Waals surface area (Å²) in [5, 5.41) is 9.69. The molecule has 0 unspecified atom stereocenters. The number of rotatable bonds is 5. The molecule has 0 amide bonds. The summed E-state index contributed by atoms with van der Waals surface area (Å²) in [6.07, 6.45) is 0.540. The molecule has 0 spiro atoms. The Bertz CT molecular complexity index is 735. The zero-order valence-electron chi connectivity index (χ0n) is 11.9. The molecule has 2 aromatic heterocycles. The zero-order valence-corrected chi connectivity index (χ0v) is 11.9. The number of aromatic nitrogens is 4. The fourth-order valence-electron chi connectivity index (χ4n) is 2.31. The Labute approximate surface area is 130 Å². The van der Waals surface area contributed by atoms with Gasteiger partial charge >= 0.3 is 6.18 Å². The molecule has 0 aliphatic carbocycles. The molecule has 23 heavy (non-hydrogen) atoms. The molecule has 3 N–H and O–H groups in total. The first-order valence-electron chi connectivity index (χ1n) is 6.91. The van der Waals surface area contributed by atoms with E-state index in [-0.39, 0.29) is 0 Å². The van der Waals surface area contributed by atoms with Gasteiger partial charge in [0, 0.05) is 18.9 Å². The Morgan fingerprint density at radius 1 is 1.22 bits per heavy atom. The summed E-state index contributed by atoms with van der Waals surface area (Å²) < 4.78 is 38.8. The van der Waals surface area contributed by atoms with Crippen molar-refractivity contribution in [3.8, 4) is 0 Å². The third-order valence-corrected chi connectivity index (χ3v) is 3.43. The van der Waals surface area contributed by atoms with Crippen LogP contribution in [0.3, 0.4) is 0 Å². The van der Waals surface area contributed by atoms with Crippen molar-refractivity contribution in [3.05, 3.63) is 71.6 Å². The highest BCUT2D eigenvalue weighted by Crippen LogP contribution is 2.31. The van der Waals surface area contributed by atoms with Crippen molar-refractivity contribution in [2.24, 2.45) is 0 Å². The van der Waals surface area contributed by atoms with E-state index < -0.39 is 17.8 Å². The second-order valence-corrected chi connectivity index (χ2v) is 5.03. The van der Waals surface area contributed by atoms with E-state index in [1.807, 2.05) is 12.3 Å². The SMILES string of the molecule is FC(F)(F)c1cccc([C@@H](NCc2cc[nH]c2)c2ncn[nH]2)c1. The van der Waals surface area contributed by atoms with Crippen molar-refractivity contribution < 1.29 is 13.2 Å². The fraction of sp³-hybridized carbons (Fsp3) is 0.200. The van der Waals surface area contributed by atoms with E-state index in [0.717, 1.165) is 17.7 Å². The minimum atomic E-state index is -4.39. The minimum absolute atomic E-state index is 0.458. The summed E-state index contributed by atoms with van der Waals surface area (Å²) in [5.41, 5.74) is 0.761. The fourth-order valence-corrected chi connectivity index (χ4v) is 2.31. The van der Waals surface area contributed by atoms with E-state index in [4.69, 9.17) is 0 Å². The third-order valence-electron chi connectivity index (χ3n) is 3.43. The molecule has 0 aliphatic heterocycles. The first-order valence-corrected chi connectivity index (χ1v) is 6.91. The van der Waals surface area contributed by atoms with Gasteiger partial charge in [0.25, 0.3) is 0 Å². The van der Waals surface area contributed by atoms with Crippen LogP contribution in [0.4, 0.5) is 13.2 Å². The average molecular weight is 321 g/mol. The largest absolute Gasteiger partial charge is 0.416 e. The lowest BCUT2D eigenvalue weighted by molar-refractivity contribution is -0.137. The lowest BCUT2D eigenvalue weighted by atomic mass is 10.0. The second kappa shape index (κ2) is 6.25. The Balaban J connectivity index is 1.89. The Kier molecular flexibility index (Phi) is 4.16. The number of alkyl halides is 3. The van der Waals surface area contributed by atoms with Crippen LogP contribution < -0.4 is 5.32 Å². The summed E-state index contributed by atoms with van der Waals surface area (Å²) in [4.78, 5) is 7.00. The molecule has 8 heteroatoms. The van der Waals surface area contributed by atoms with Crippen molar-refractivity contribution >= 4 is 0 Å². The summed E-state index contributed by atoms with van der Waals surface area (Å²) in [6.45, 7) is 0.477. The van der Waals surface area contributed by atoms with Gasteiger partial charge < -0.3 is 4.98 Å². The Hall–Kier alpha value is -2.61. The smallest absolute Gasteiger partial charge is 0.367 e. The van der Waals surface area contributed by atoms with Crippen LogP contribution in [0.25, 0.3) is 0 Å². The van der Waals surface area contributed by atoms with Crippen LogP contribution in [0.15, 0.2) is 49.1 Å². The van der Waals surface area contributed by atoms with Gasteiger partial charge in [-0.1, -0.05) is 12.1 Å². The Morgan fingerprint density at radius 2 is 2.09 bits per heavy atom. The number of halogens is 3. The first kappa shape index (κ1) is 15.3. The van der Waals surface area contributed by atoms with Gasteiger partial charge in [-0.05, 0) is 29.3 Å². The van der Waals surface area contributed by atoms with Crippen LogP contribution in [-0.4, -0.2) is 20.2 Å². The molecular weight excluding hydrogens is 307 g/mol. The zero-order chi connectivity index (χ0) is 16.3. The lowest BCUT2D eigenvalue weighted by Crippen LogP contribution is -2.23. The topological polar surface area (TPSA) is 69.4 Å². The maximum Gasteiger partial charge on any atom is 0.416 e. The molecule has 0 fully saturated rings. The summed E-state index contributed by atoms with van der Waals surface area (Å²) >= 11 is 0. The third kappa shape index (κ3) is 3.59. The quantitative estimate of drug-likeness (QED) is 0.676. The van der Waals surface area contributed by atoms with Crippen LogP contribution >= 0.6 is 0 Å². The van der Waals surface area contributed by atoms with Crippen molar-refractivity contribution in [3.63, 3.8) is 0 Å². The highest BCUT2D eigenvalue weighted by atomic mass is 19.4. The minimum Gasteiger partial charge on any atom is -0.367 e. The van der Waals surface area contributed by atoms with Crippen LogP contribution in [0.5, 0.6) is 0 Å². The van der Waals surface area contributed by atoms with E-state index in [2.05, 4.69) is 25.5 Å². The molecule has 5 nitrogen and oxygen atoms in total. The van der Waals surface area contributed by atoms with Crippen molar-refractivity contribution in [2.45, 2.75) is 18.8 Å². The molecule has 0 bridgehead atoms. The molecular formula is C15H14F3N5. The molecule has 0 radical (unpaired) electrons. The van der Waals surface area contributed by atoms with Crippen LogP contribution in [0, 0.1) is 0 Å². The highest BCUT2D eigenvalue weighted by molar-refractivity contribution is 5.31. The van der Waals surface area contributed by atoms with Crippen molar-refractivity contribution in [1.29, 1.82) is 0 Å². The number of nitrogens with zero attached hydrogens (tertiary/aromatic N) is 2. The number of H-pyrrole nitrogens is 2. The van der Waals surface area contributed by atoms with Crippen LogP contribution in [0.1, 0.15) is 28.6 Å². The molecule has 2 heterocycles. The van der Waals surface area contributed by atoms with Gasteiger partial charge in [0.2, 0.25) is 0 Å². The average Bonchev–Trinajstić information content (AvgIpc) is 3.20. The monoisotopic (exact) mass is 321 g/mol. The first-order chi connectivity index (χ1) is 11.0. The summed E-state index contributed by atoms with van der Waals surface area (Å²) in [6, 6.07) is 6.56. The number of nitrogens with one attached hydrogen (secondary N) is 3. The number of aromatic amines is 2. The summed E-state index contributed by atoms with van der Waals surface area (Å²) in [7, 11) is 0. The predicted octanol–water partition coefficient (Wildman–Crippen LogP) is 3.03. The van der Waals surface area contributed by atoms with Gasteiger partial charge in [0.05, 0.1) is 11.6 Å². The molecule has 0 saturated heterocycles. The van der Waals surface area contributed by atoms with Gasteiger partial charge in [0.15, 0.2) is 0 Å². The summed E-state index contributed by atoms with van der Waals surface area (Å²) in [5.74, 6) is 0.458. The van der Waals surface area contributed by atoms with Gasteiger partial charge in [-0.15, -0.1) is 0 Å². The normalized spacial score (nSPS) is 13.2. The number of hydrogen-bond acceptors (Lipinski definition) is 3. The predicted molar refractivity (Wildman–Crippen MR) is 77.3 cm³/mol. The molecule has 0 saturated carbocycles. The maximum atomic E-state index is 12.9.